The van der Waals surface area contributed by atoms with Crippen LogP contribution >= 0.6 is 8.58 Å². The Labute approximate surface area is 60.8 Å². The summed E-state index contributed by atoms with van der Waals surface area (Å²) in [6.07, 6.45) is 2.02. The highest BCUT2D eigenvalue weighted by molar-refractivity contribution is 7.39. The van der Waals surface area contributed by atoms with Crippen molar-refractivity contribution in [3.8, 4) is 0 Å². The van der Waals surface area contributed by atoms with E-state index in [0.29, 0.717) is 11.7 Å². The van der Waals surface area contributed by atoms with Crippen molar-refractivity contribution in [3.05, 3.63) is 0 Å². The Morgan fingerprint density at radius 1 is 0.900 bits per heavy atom. The Balaban J connectivity index is 1.90. The molecule has 56 valence electrons. The van der Waals surface area contributed by atoms with Crippen LogP contribution < -0.4 is 0 Å². The molecule has 0 aromatic rings. The number of hydrogen-bond acceptors (Lipinski definition) is 3. The summed E-state index contributed by atoms with van der Waals surface area (Å²) in [5.41, 5.74) is 0. The molecule has 4 saturated heterocycles. The zero-order valence-electron chi connectivity index (χ0n) is 5.45. The van der Waals surface area contributed by atoms with Gasteiger partial charge in [0.25, 0.3) is 0 Å². The van der Waals surface area contributed by atoms with Gasteiger partial charge in [-0.25, -0.2) is 0 Å². The van der Waals surface area contributed by atoms with E-state index in [1.165, 1.54) is 0 Å². The third-order valence-corrected chi connectivity index (χ3v) is 3.61. The van der Waals surface area contributed by atoms with Gasteiger partial charge in [0.2, 0.25) is 0 Å². The van der Waals surface area contributed by atoms with Crippen molar-refractivity contribution in [2.24, 2.45) is 0 Å². The van der Waals surface area contributed by atoms with E-state index >= 15 is 0 Å². The van der Waals surface area contributed by atoms with Gasteiger partial charge in [0, 0.05) is 12.8 Å². The first-order valence-electron chi connectivity index (χ1n) is 3.62. The molecule has 4 aliphatic rings. The van der Waals surface area contributed by atoms with Crippen LogP contribution in [0.4, 0.5) is 0 Å². The summed E-state index contributed by atoms with van der Waals surface area (Å²) in [5, 5.41) is 0. The second-order valence-electron chi connectivity index (χ2n) is 2.88. The molecular formula is C6H9O3P. The summed E-state index contributed by atoms with van der Waals surface area (Å²) in [7, 11) is 0.845. The molecule has 0 N–H and O–H groups in total. The van der Waals surface area contributed by atoms with Crippen LogP contribution in [-0.2, 0) is 14.2 Å². The summed E-state index contributed by atoms with van der Waals surface area (Å²) < 4.78 is 16.4. The standard InChI is InChI=1S/C6H9O3P/c1-3-7-4-2-6(8-3)10-5(1)9-4/h3-6,10H,1-2H2. The van der Waals surface area contributed by atoms with Gasteiger partial charge < -0.3 is 14.2 Å². The Morgan fingerprint density at radius 3 is 2.00 bits per heavy atom. The highest BCUT2D eigenvalue weighted by atomic mass is 31.1. The minimum atomic E-state index is 0.0590. The molecule has 3 nitrogen and oxygen atoms in total. The van der Waals surface area contributed by atoms with E-state index in [4.69, 9.17) is 14.2 Å². The maximum Gasteiger partial charge on any atom is 0.164 e. The highest BCUT2D eigenvalue weighted by Gasteiger charge is 2.44. The van der Waals surface area contributed by atoms with Crippen molar-refractivity contribution in [1.82, 2.24) is 0 Å². The zero-order valence-corrected chi connectivity index (χ0v) is 6.45. The van der Waals surface area contributed by atoms with Gasteiger partial charge >= 0.3 is 0 Å². The average Bonchev–Trinajstić information content (AvgIpc) is 1.82. The highest BCUT2D eigenvalue weighted by Crippen LogP contribution is 2.48. The Bertz CT molecular complexity index is 105. The molecule has 0 amide bonds. The topological polar surface area (TPSA) is 27.7 Å². The van der Waals surface area contributed by atoms with E-state index in [1.807, 2.05) is 0 Å². The smallest absolute Gasteiger partial charge is 0.164 e. The molecule has 0 saturated carbocycles. The minimum absolute atomic E-state index is 0.0590. The summed E-state index contributed by atoms with van der Waals surface area (Å²) in [6, 6.07) is 0. The molecule has 0 aromatic carbocycles. The van der Waals surface area contributed by atoms with Gasteiger partial charge in [0.05, 0.1) is 11.7 Å². The second kappa shape index (κ2) is 1.92. The maximum absolute atomic E-state index is 5.53. The van der Waals surface area contributed by atoms with E-state index in [1.54, 1.807) is 0 Å². The van der Waals surface area contributed by atoms with Crippen LogP contribution in [0.5, 0.6) is 0 Å². The molecule has 4 aliphatic heterocycles. The molecule has 4 atom stereocenters. The fraction of sp³-hybridized carbons (Fsp3) is 1.00. The van der Waals surface area contributed by atoms with Crippen LogP contribution in [0.3, 0.4) is 0 Å². The molecule has 0 radical (unpaired) electrons. The third kappa shape index (κ3) is 0.751. The molecule has 4 heteroatoms. The third-order valence-electron chi connectivity index (χ3n) is 2.12. The molecule has 10 heavy (non-hydrogen) atoms. The molecular weight excluding hydrogens is 151 g/mol. The monoisotopic (exact) mass is 160 g/mol. The normalized spacial score (nSPS) is 60.0. The Morgan fingerprint density at radius 2 is 1.50 bits per heavy atom. The maximum atomic E-state index is 5.53. The van der Waals surface area contributed by atoms with Crippen molar-refractivity contribution in [2.75, 3.05) is 0 Å². The first-order valence-corrected chi connectivity index (χ1v) is 4.78. The van der Waals surface area contributed by atoms with E-state index < -0.39 is 0 Å². The van der Waals surface area contributed by atoms with Gasteiger partial charge in [-0.1, -0.05) is 8.58 Å². The van der Waals surface area contributed by atoms with Gasteiger partial charge in [-0.15, -0.1) is 0 Å². The van der Waals surface area contributed by atoms with Gasteiger partial charge in [-0.3, -0.25) is 0 Å². The molecule has 4 fully saturated rings. The lowest BCUT2D eigenvalue weighted by molar-refractivity contribution is -0.344. The van der Waals surface area contributed by atoms with Crippen LogP contribution in [0, 0.1) is 0 Å². The van der Waals surface area contributed by atoms with Crippen molar-refractivity contribution in [3.63, 3.8) is 0 Å². The summed E-state index contributed by atoms with van der Waals surface area (Å²) in [4.78, 5) is 0. The first-order chi connectivity index (χ1) is 4.90. The lowest BCUT2D eigenvalue weighted by atomic mass is 10.3. The largest absolute Gasteiger partial charge is 0.345 e. The van der Waals surface area contributed by atoms with Crippen molar-refractivity contribution in [2.45, 2.75) is 37.1 Å². The lowest BCUT2D eigenvalue weighted by Gasteiger charge is -2.48. The fourth-order valence-corrected chi connectivity index (χ4v) is 3.24. The van der Waals surface area contributed by atoms with Gasteiger partial charge in [-0.2, -0.15) is 0 Å². The van der Waals surface area contributed by atoms with Gasteiger partial charge in [-0.05, 0) is 0 Å². The molecule has 4 heterocycles. The molecule has 0 aromatic heterocycles. The van der Waals surface area contributed by atoms with E-state index in [0.717, 1.165) is 21.4 Å². The van der Waals surface area contributed by atoms with Crippen LogP contribution in [-0.4, -0.2) is 24.3 Å². The molecule has 4 rings (SSSR count). The molecule has 0 aliphatic carbocycles. The molecule has 4 bridgehead atoms. The van der Waals surface area contributed by atoms with E-state index in [-0.39, 0.29) is 12.6 Å². The lowest BCUT2D eigenvalue weighted by Crippen LogP contribution is -2.50. The van der Waals surface area contributed by atoms with Crippen LogP contribution in [0.25, 0.3) is 0 Å². The van der Waals surface area contributed by atoms with Crippen molar-refractivity contribution in [1.29, 1.82) is 0 Å². The summed E-state index contributed by atoms with van der Waals surface area (Å²) in [6.45, 7) is 0. The van der Waals surface area contributed by atoms with Crippen LogP contribution in [0.15, 0.2) is 0 Å². The van der Waals surface area contributed by atoms with Crippen molar-refractivity contribution >= 4 is 8.58 Å². The summed E-state index contributed by atoms with van der Waals surface area (Å²) >= 11 is 0. The zero-order chi connectivity index (χ0) is 6.55. The second-order valence-corrected chi connectivity index (χ2v) is 4.50. The Hall–Kier alpha value is 0.310. The fourth-order valence-electron chi connectivity index (χ4n) is 1.70. The van der Waals surface area contributed by atoms with Crippen LogP contribution in [0.1, 0.15) is 12.8 Å². The number of hydrogen-bond donors (Lipinski definition) is 0. The number of ether oxygens (including phenoxy) is 3. The van der Waals surface area contributed by atoms with Crippen LogP contribution in [0.2, 0.25) is 0 Å². The van der Waals surface area contributed by atoms with E-state index in [9.17, 15) is 0 Å². The SMILES string of the molecule is C1C2OC3CC(O2)PC1O3. The first kappa shape index (κ1) is 5.90. The van der Waals surface area contributed by atoms with Gasteiger partial charge in [0.1, 0.15) is 0 Å². The minimum Gasteiger partial charge on any atom is -0.345 e. The van der Waals surface area contributed by atoms with Gasteiger partial charge in [0.15, 0.2) is 12.6 Å². The van der Waals surface area contributed by atoms with Crippen molar-refractivity contribution < 1.29 is 14.2 Å². The molecule has 0 spiro atoms. The van der Waals surface area contributed by atoms with E-state index in [2.05, 4.69) is 0 Å². The number of rotatable bonds is 0. The Kier molecular flexibility index (Phi) is 1.13. The predicted molar refractivity (Wildman–Crippen MR) is 36.0 cm³/mol. The average molecular weight is 160 g/mol. The summed E-state index contributed by atoms with van der Waals surface area (Å²) in [5.74, 6) is 0.910. The quantitative estimate of drug-likeness (QED) is 0.491. The predicted octanol–water partition coefficient (Wildman–Crippen LogP) is 0.840. The molecule has 4 unspecified atom stereocenters.